The SMILES string of the molecule is CCOC(=O)C1(c2nnc3ncccn23)CCCC1. The van der Waals surface area contributed by atoms with Crippen LogP contribution in [0.1, 0.15) is 38.4 Å². The van der Waals surface area contributed by atoms with E-state index in [-0.39, 0.29) is 5.97 Å². The number of hydrogen-bond acceptors (Lipinski definition) is 5. The molecule has 1 aliphatic rings. The largest absolute Gasteiger partial charge is 0.465 e. The first-order valence-corrected chi connectivity index (χ1v) is 6.61. The lowest BCUT2D eigenvalue weighted by Crippen LogP contribution is -2.36. The smallest absolute Gasteiger partial charge is 0.319 e. The van der Waals surface area contributed by atoms with E-state index in [0.717, 1.165) is 25.7 Å². The molecule has 6 nitrogen and oxygen atoms in total. The van der Waals surface area contributed by atoms with Crippen LogP contribution >= 0.6 is 0 Å². The molecule has 0 saturated heterocycles. The lowest BCUT2D eigenvalue weighted by atomic mass is 9.85. The first-order chi connectivity index (χ1) is 9.28. The molecule has 0 atom stereocenters. The van der Waals surface area contributed by atoms with Gasteiger partial charge in [-0.25, -0.2) is 4.98 Å². The Labute approximate surface area is 110 Å². The maximum Gasteiger partial charge on any atom is 0.319 e. The molecular weight excluding hydrogens is 244 g/mol. The fourth-order valence-corrected chi connectivity index (χ4v) is 2.84. The van der Waals surface area contributed by atoms with Gasteiger partial charge >= 0.3 is 5.97 Å². The summed E-state index contributed by atoms with van der Waals surface area (Å²) < 4.78 is 7.06. The molecule has 0 spiro atoms. The summed E-state index contributed by atoms with van der Waals surface area (Å²) in [4.78, 5) is 16.5. The van der Waals surface area contributed by atoms with Crippen LogP contribution in [-0.4, -0.2) is 32.2 Å². The molecule has 2 heterocycles. The number of esters is 1. The van der Waals surface area contributed by atoms with E-state index in [4.69, 9.17) is 4.74 Å². The topological polar surface area (TPSA) is 69.4 Å². The molecule has 0 amide bonds. The van der Waals surface area contributed by atoms with Crippen LogP contribution in [0.5, 0.6) is 0 Å². The summed E-state index contributed by atoms with van der Waals surface area (Å²) in [5.41, 5.74) is -0.654. The average molecular weight is 260 g/mol. The maximum absolute atomic E-state index is 12.4. The molecule has 100 valence electrons. The van der Waals surface area contributed by atoms with Gasteiger partial charge < -0.3 is 4.74 Å². The van der Waals surface area contributed by atoms with Crippen LogP contribution in [0.3, 0.4) is 0 Å². The fraction of sp³-hybridized carbons (Fsp3) is 0.538. The summed E-state index contributed by atoms with van der Waals surface area (Å²) in [7, 11) is 0. The van der Waals surface area contributed by atoms with Crippen molar-refractivity contribution >= 4 is 11.7 Å². The minimum atomic E-state index is -0.654. The van der Waals surface area contributed by atoms with Crippen molar-refractivity contribution in [1.29, 1.82) is 0 Å². The van der Waals surface area contributed by atoms with E-state index in [9.17, 15) is 4.79 Å². The predicted octanol–water partition coefficient (Wildman–Crippen LogP) is 1.50. The molecule has 3 rings (SSSR count). The summed E-state index contributed by atoms with van der Waals surface area (Å²) in [5, 5.41) is 8.25. The summed E-state index contributed by atoms with van der Waals surface area (Å²) in [6.07, 6.45) is 7.06. The van der Waals surface area contributed by atoms with Crippen LogP contribution in [0, 0.1) is 0 Å². The second kappa shape index (κ2) is 4.60. The monoisotopic (exact) mass is 260 g/mol. The molecule has 0 aliphatic heterocycles. The third kappa shape index (κ3) is 1.78. The van der Waals surface area contributed by atoms with Crippen LogP contribution in [0.15, 0.2) is 18.5 Å². The number of hydrogen-bond donors (Lipinski definition) is 0. The van der Waals surface area contributed by atoms with Crippen molar-refractivity contribution in [3.63, 3.8) is 0 Å². The van der Waals surface area contributed by atoms with Gasteiger partial charge in [-0.05, 0) is 25.8 Å². The van der Waals surface area contributed by atoms with Gasteiger partial charge in [0.25, 0.3) is 5.78 Å². The first kappa shape index (κ1) is 12.1. The number of aromatic nitrogens is 4. The highest BCUT2D eigenvalue weighted by Crippen LogP contribution is 2.41. The minimum Gasteiger partial charge on any atom is -0.465 e. The van der Waals surface area contributed by atoms with Gasteiger partial charge in [0.15, 0.2) is 5.82 Å². The summed E-state index contributed by atoms with van der Waals surface area (Å²) in [5.74, 6) is 0.991. The lowest BCUT2D eigenvalue weighted by molar-refractivity contribution is -0.150. The van der Waals surface area contributed by atoms with Crippen LogP contribution in [0.25, 0.3) is 5.78 Å². The van der Waals surface area contributed by atoms with Crippen molar-refractivity contribution in [2.24, 2.45) is 0 Å². The van der Waals surface area contributed by atoms with Crippen molar-refractivity contribution < 1.29 is 9.53 Å². The average Bonchev–Trinajstić information content (AvgIpc) is 3.06. The van der Waals surface area contributed by atoms with E-state index >= 15 is 0 Å². The Balaban J connectivity index is 2.12. The fourth-order valence-electron chi connectivity index (χ4n) is 2.84. The molecule has 1 fully saturated rings. The van der Waals surface area contributed by atoms with Gasteiger partial charge in [-0.15, -0.1) is 10.2 Å². The molecule has 0 N–H and O–H groups in total. The molecule has 0 aromatic carbocycles. The Kier molecular flexibility index (Phi) is 2.93. The van der Waals surface area contributed by atoms with Gasteiger partial charge in [0.05, 0.1) is 6.61 Å². The van der Waals surface area contributed by atoms with Crippen molar-refractivity contribution in [3.05, 3.63) is 24.3 Å². The van der Waals surface area contributed by atoms with E-state index in [1.54, 1.807) is 10.6 Å². The Hall–Kier alpha value is -1.98. The standard InChI is InChI=1S/C13H16N4O2/c1-2-19-11(18)13(6-3-4-7-13)10-15-16-12-14-8-5-9-17(10)12/h5,8-9H,2-4,6-7H2,1H3. The van der Waals surface area contributed by atoms with Crippen LogP contribution in [-0.2, 0) is 14.9 Å². The van der Waals surface area contributed by atoms with Gasteiger partial charge in [0.2, 0.25) is 0 Å². The second-order valence-corrected chi connectivity index (χ2v) is 4.82. The zero-order valence-corrected chi connectivity index (χ0v) is 10.9. The van der Waals surface area contributed by atoms with Crippen molar-refractivity contribution in [3.8, 4) is 0 Å². The highest BCUT2D eigenvalue weighted by Gasteiger charge is 2.47. The Morgan fingerprint density at radius 2 is 2.21 bits per heavy atom. The van der Waals surface area contributed by atoms with E-state index in [0.29, 0.717) is 18.2 Å². The first-order valence-electron chi connectivity index (χ1n) is 6.61. The van der Waals surface area contributed by atoms with Crippen molar-refractivity contribution in [2.75, 3.05) is 6.61 Å². The minimum absolute atomic E-state index is 0.189. The number of carbonyl (C=O) groups is 1. The number of carbonyl (C=O) groups excluding carboxylic acids is 1. The summed E-state index contributed by atoms with van der Waals surface area (Å²) in [6, 6.07) is 1.81. The van der Waals surface area contributed by atoms with Gasteiger partial charge in [0.1, 0.15) is 5.41 Å². The van der Waals surface area contributed by atoms with Crippen LogP contribution in [0.2, 0.25) is 0 Å². The van der Waals surface area contributed by atoms with Crippen molar-refractivity contribution in [2.45, 2.75) is 38.0 Å². The van der Waals surface area contributed by atoms with E-state index < -0.39 is 5.41 Å². The molecule has 0 unspecified atom stereocenters. The van der Waals surface area contributed by atoms with Crippen LogP contribution < -0.4 is 0 Å². The molecule has 1 saturated carbocycles. The van der Waals surface area contributed by atoms with E-state index in [2.05, 4.69) is 15.2 Å². The molecule has 0 bridgehead atoms. The molecule has 2 aromatic heterocycles. The van der Waals surface area contributed by atoms with Gasteiger partial charge in [-0.1, -0.05) is 12.8 Å². The molecular formula is C13H16N4O2. The Bertz CT molecular complexity index is 601. The van der Waals surface area contributed by atoms with E-state index in [1.165, 1.54) is 0 Å². The Morgan fingerprint density at radius 3 is 2.95 bits per heavy atom. The van der Waals surface area contributed by atoms with Gasteiger partial charge in [-0.3, -0.25) is 9.20 Å². The quantitative estimate of drug-likeness (QED) is 0.782. The van der Waals surface area contributed by atoms with E-state index in [1.807, 2.05) is 19.2 Å². The number of rotatable bonds is 3. The molecule has 2 aromatic rings. The highest BCUT2D eigenvalue weighted by atomic mass is 16.5. The normalized spacial score (nSPS) is 17.7. The number of ether oxygens (including phenoxy) is 1. The number of fused-ring (bicyclic) bond motifs is 1. The second-order valence-electron chi connectivity index (χ2n) is 4.82. The van der Waals surface area contributed by atoms with Crippen LogP contribution in [0.4, 0.5) is 0 Å². The third-order valence-corrected chi connectivity index (χ3v) is 3.74. The summed E-state index contributed by atoms with van der Waals surface area (Å²) in [6.45, 7) is 2.21. The maximum atomic E-state index is 12.4. The Morgan fingerprint density at radius 1 is 1.42 bits per heavy atom. The molecule has 0 radical (unpaired) electrons. The summed E-state index contributed by atoms with van der Waals surface area (Å²) >= 11 is 0. The lowest BCUT2D eigenvalue weighted by Gasteiger charge is -2.24. The zero-order valence-electron chi connectivity index (χ0n) is 10.9. The number of nitrogens with zero attached hydrogens (tertiary/aromatic N) is 4. The van der Waals surface area contributed by atoms with Gasteiger partial charge in [-0.2, -0.15) is 0 Å². The predicted molar refractivity (Wildman–Crippen MR) is 67.6 cm³/mol. The molecule has 1 aliphatic carbocycles. The third-order valence-electron chi connectivity index (χ3n) is 3.74. The van der Waals surface area contributed by atoms with Crippen molar-refractivity contribution in [1.82, 2.24) is 19.6 Å². The highest BCUT2D eigenvalue weighted by molar-refractivity contribution is 5.82. The van der Waals surface area contributed by atoms with Gasteiger partial charge in [0, 0.05) is 12.4 Å². The zero-order chi connectivity index (χ0) is 13.3. The molecule has 6 heteroatoms. The molecule has 19 heavy (non-hydrogen) atoms.